The van der Waals surface area contributed by atoms with Gasteiger partial charge in [-0.05, 0) is 19.9 Å². The molecule has 0 bridgehead atoms. The maximum absolute atomic E-state index is 13.9. The Morgan fingerprint density at radius 1 is 1.25 bits per heavy atom. The van der Waals surface area contributed by atoms with Gasteiger partial charge in [-0.1, -0.05) is 0 Å². The minimum Gasteiger partial charge on any atom is -0.371 e. The van der Waals surface area contributed by atoms with E-state index in [1.54, 1.807) is 13.8 Å². The van der Waals surface area contributed by atoms with Gasteiger partial charge in [0.05, 0.1) is 17.0 Å². The van der Waals surface area contributed by atoms with Crippen molar-refractivity contribution in [1.82, 2.24) is 20.2 Å². The maximum Gasteiger partial charge on any atom is 0.261 e. The predicted molar refractivity (Wildman–Crippen MR) is 71.0 cm³/mol. The Hall–Kier alpha value is -2.64. The van der Waals surface area contributed by atoms with E-state index in [4.69, 9.17) is 0 Å². The van der Waals surface area contributed by atoms with Crippen LogP contribution in [0.15, 0.2) is 12.3 Å². The summed E-state index contributed by atoms with van der Waals surface area (Å²) in [7, 11) is 1.52. The normalized spacial score (nSPS) is 10.2. The highest BCUT2D eigenvalue weighted by Crippen LogP contribution is 2.15. The van der Waals surface area contributed by atoms with Crippen molar-refractivity contribution in [2.24, 2.45) is 0 Å². The van der Waals surface area contributed by atoms with E-state index in [0.717, 1.165) is 0 Å². The van der Waals surface area contributed by atoms with E-state index in [9.17, 15) is 9.18 Å². The Morgan fingerprint density at radius 3 is 2.65 bits per heavy atom. The largest absolute Gasteiger partial charge is 0.371 e. The summed E-state index contributed by atoms with van der Waals surface area (Å²) in [4.78, 5) is 19.8. The molecular formula is C12H13FN6O. The van der Waals surface area contributed by atoms with Crippen molar-refractivity contribution in [3.63, 3.8) is 0 Å². The average molecular weight is 276 g/mol. The molecular weight excluding hydrogens is 263 g/mol. The fourth-order valence-corrected chi connectivity index (χ4v) is 1.47. The second-order valence-electron chi connectivity index (χ2n) is 4.03. The molecule has 2 heterocycles. The molecule has 2 aromatic heterocycles. The lowest BCUT2D eigenvalue weighted by Gasteiger charge is -2.07. The number of hydrogen-bond acceptors (Lipinski definition) is 6. The number of pyridine rings is 1. The quantitative estimate of drug-likeness (QED) is 0.878. The van der Waals surface area contributed by atoms with Crippen LogP contribution in [-0.2, 0) is 0 Å². The number of aryl methyl sites for hydroxylation is 2. The molecule has 0 saturated carbocycles. The minimum atomic E-state index is -0.732. The van der Waals surface area contributed by atoms with Crippen molar-refractivity contribution in [3.8, 4) is 0 Å². The lowest BCUT2D eigenvalue weighted by Crippen LogP contribution is -2.18. The molecule has 2 rings (SSSR count). The summed E-state index contributed by atoms with van der Waals surface area (Å²) in [6.45, 7) is 3.49. The smallest absolute Gasteiger partial charge is 0.261 e. The molecule has 0 saturated heterocycles. The van der Waals surface area contributed by atoms with Gasteiger partial charge in [-0.15, -0.1) is 5.10 Å². The first kappa shape index (κ1) is 13.8. The summed E-state index contributed by atoms with van der Waals surface area (Å²) in [6, 6.07) is 1.28. The molecule has 20 heavy (non-hydrogen) atoms. The van der Waals surface area contributed by atoms with Crippen LogP contribution in [-0.4, -0.2) is 33.1 Å². The van der Waals surface area contributed by atoms with Crippen molar-refractivity contribution in [2.45, 2.75) is 13.8 Å². The number of carbonyl (C=O) groups excluding carboxylic acids is 1. The molecule has 8 heteroatoms. The highest BCUT2D eigenvalue weighted by molar-refractivity contribution is 6.03. The highest BCUT2D eigenvalue weighted by atomic mass is 19.1. The summed E-state index contributed by atoms with van der Waals surface area (Å²) < 4.78 is 13.9. The van der Waals surface area contributed by atoms with E-state index in [-0.39, 0.29) is 17.3 Å². The van der Waals surface area contributed by atoms with Crippen molar-refractivity contribution in [2.75, 3.05) is 17.7 Å². The SMILES string of the molecule is CNc1nccc(C(=O)Nc2nnc(C)c(C)n2)c1F. The van der Waals surface area contributed by atoms with Crippen LogP contribution in [0.4, 0.5) is 16.2 Å². The number of nitrogens with zero attached hydrogens (tertiary/aromatic N) is 4. The Bertz CT molecular complexity index is 660. The molecule has 104 valence electrons. The first-order valence-electron chi connectivity index (χ1n) is 5.84. The van der Waals surface area contributed by atoms with Crippen molar-refractivity contribution < 1.29 is 9.18 Å². The number of amides is 1. The van der Waals surface area contributed by atoms with Gasteiger partial charge in [0.2, 0.25) is 5.95 Å². The maximum atomic E-state index is 13.9. The molecule has 0 unspecified atom stereocenters. The van der Waals surface area contributed by atoms with Gasteiger partial charge in [-0.2, -0.15) is 5.10 Å². The van der Waals surface area contributed by atoms with E-state index in [1.165, 1.54) is 19.3 Å². The van der Waals surface area contributed by atoms with Gasteiger partial charge >= 0.3 is 0 Å². The molecule has 0 atom stereocenters. The summed E-state index contributed by atoms with van der Waals surface area (Å²) >= 11 is 0. The second kappa shape index (κ2) is 5.55. The number of aromatic nitrogens is 4. The predicted octanol–water partition coefficient (Wildman–Crippen LogP) is 1.32. The van der Waals surface area contributed by atoms with Gasteiger partial charge < -0.3 is 5.32 Å². The molecule has 1 amide bonds. The van der Waals surface area contributed by atoms with Crippen LogP contribution >= 0.6 is 0 Å². The zero-order chi connectivity index (χ0) is 14.7. The molecule has 0 aliphatic carbocycles. The van der Waals surface area contributed by atoms with Crippen LogP contribution < -0.4 is 10.6 Å². The molecule has 0 fully saturated rings. The topological polar surface area (TPSA) is 92.7 Å². The zero-order valence-electron chi connectivity index (χ0n) is 11.2. The highest BCUT2D eigenvalue weighted by Gasteiger charge is 2.16. The molecule has 0 spiro atoms. The number of anilines is 2. The fourth-order valence-electron chi connectivity index (χ4n) is 1.47. The summed E-state index contributed by atoms with van der Waals surface area (Å²) in [6.07, 6.45) is 1.34. The van der Waals surface area contributed by atoms with E-state index in [2.05, 4.69) is 30.8 Å². The molecule has 2 N–H and O–H groups in total. The lowest BCUT2D eigenvalue weighted by molar-refractivity contribution is 0.102. The van der Waals surface area contributed by atoms with Crippen LogP contribution in [0.2, 0.25) is 0 Å². The van der Waals surface area contributed by atoms with Crippen LogP contribution in [0.3, 0.4) is 0 Å². The lowest BCUT2D eigenvalue weighted by atomic mass is 10.2. The molecule has 0 radical (unpaired) electrons. The first-order chi connectivity index (χ1) is 9.52. The van der Waals surface area contributed by atoms with Gasteiger partial charge in [0.25, 0.3) is 5.91 Å². The average Bonchev–Trinajstić information content (AvgIpc) is 2.43. The van der Waals surface area contributed by atoms with Crippen molar-refractivity contribution in [3.05, 3.63) is 35.0 Å². The molecule has 0 aromatic carbocycles. The standard InChI is InChI=1S/C12H13FN6O/c1-6-7(2)18-19-12(16-6)17-11(20)8-4-5-15-10(14-3)9(8)13/h4-5H,1-3H3,(H,14,15)(H,16,17,19,20). The van der Waals surface area contributed by atoms with Gasteiger partial charge in [0.15, 0.2) is 11.6 Å². The van der Waals surface area contributed by atoms with E-state index in [1.807, 2.05) is 0 Å². The Morgan fingerprint density at radius 2 is 2.00 bits per heavy atom. The Balaban J connectivity index is 2.26. The number of rotatable bonds is 3. The van der Waals surface area contributed by atoms with Gasteiger partial charge in [0.1, 0.15) is 0 Å². The molecule has 0 aliphatic rings. The summed E-state index contributed by atoms with van der Waals surface area (Å²) in [5, 5.41) is 12.5. The molecule has 0 aliphatic heterocycles. The molecule has 2 aromatic rings. The van der Waals surface area contributed by atoms with Crippen LogP contribution in [0.25, 0.3) is 0 Å². The second-order valence-corrected chi connectivity index (χ2v) is 4.03. The third-order valence-electron chi connectivity index (χ3n) is 2.69. The van der Waals surface area contributed by atoms with Crippen LogP contribution in [0.5, 0.6) is 0 Å². The fraction of sp³-hybridized carbons (Fsp3) is 0.250. The summed E-state index contributed by atoms with van der Waals surface area (Å²) in [5.74, 6) is -1.37. The summed E-state index contributed by atoms with van der Waals surface area (Å²) in [5.41, 5.74) is 1.16. The Labute approximate surface area is 114 Å². The third kappa shape index (κ3) is 2.68. The van der Waals surface area contributed by atoms with Gasteiger partial charge in [-0.3, -0.25) is 10.1 Å². The molecule has 7 nitrogen and oxygen atoms in total. The number of nitrogens with one attached hydrogen (secondary N) is 2. The van der Waals surface area contributed by atoms with E-state index >= 15 is 0 Å². The minimum absolute atomic E-state index is 0.00298. The van der Waals surface area contributed by atoms with Gasteiger partial charge in [0, 0.05) is 13.2 Å². The zero-order valence-corrected chi connectivity index (χ0v) is 11.2. The van der Waals surface area contributed by atoms with Crippen LogP contribution in [0, 0.1) is 19.7 Å². The number of hydrogen-bond donors (Lipinski definition) is 2. The van der Waals surface area contributed by atoms with E-state index < -0.39 is 11.7 Å². The number of carbonyl (C=O) groups is 1. The Kier molecular flexibility index (Phi) is 3.83. The van der Waals surface area contributed by atoms with Crippen molar-refractivity contribution in [1.29, 1.82) is 0 Å². The van der Waals surface area contributed by atoms with Crippen LogP contribution in [0.1, 0.15) is 21.7 Å². The number of halogens is 1. The van der Waals surface area contributed by atoms with E-state index in [0.29, 0.717) is 11.4 Å². The third-order valence-corrected chi connectivity index (χ3v) is 2.69. The van der Waals surface area contributed by atoms with Crippen molar-refractivity contribution >= 4 is 17.7 Å². The van der Waals surface area contributed by atoms with Gasteiger partial charge in [-0.25, -0.2) is 14.4 Å². The first-order valence-corrected chi connectivity index (χ1v) is 5.84. The monoisotopic (exact) mass is 276 g/mol.